The Balaban J connectivity index is 1.90. The van der Waals surface area contributed by atoms with Crippen LogP contribution < -0.4 is 5.32 Å². The predicted molar refractivity (Wildman–Crippen MR) is 78.8 cm³/mol. The van der Waals surface area contributed by atoms with Gasteiger partial charge in [0.05, 0.1) is 0 Å². The predicted octanol–water partition coefficient (Wildman–Crippen LogP) is 1.07. The van der Waals surface area contributed by atoms with Gasteiger partial charge in [0.2, 0.25) is 0 Å². The minimum absolute atomic E-state index is 0.125. The second-order valence-electron chi connectivity index (χ2n) is 5.36. The molecular weight excluding hydrogens is 254 g/mol. The summed E-state index contributed by atoms with van der Waals surface area (Å²) in [7, 11) is 3.41. The molecule has 1 fully saturated rings. The summed E-state index contributed by atoms with van der Waals surface area (Å²) in [4.78, 5) is 15.7. The summed E-state index contributed by atoms with van der Waals surface area (Å²) in [5, 5.41) is 11.5. The van der Waals surface area contributed by atoms with Gasteiger partial charge in [-0.05, 0) is 31.5 Å². The second-order valence-corrected chi connectivity index (χ2v) is 5.36. The minimum atomic E-state index is -0.125. The molecule has 2 heterocycles. The maximum atomic E-state index is 11.7. The number of likely N-dealkylation sites (tertiary alicyclic amines) is 1. The molecule has 6 heteroatoms. The molecule has 1 aliphatic rings. The van der Waals surface area contributed by atoms with E-state index in [0.717, 1.165) is 38.3 Å². The van der Waals surface area contributed by atoms with Gasteiger partial charge < -0.3 is 15.1 Å². The van der Waals surface area contributed by atoms with Gasteiger partial charge in [0, 0.05) is 33.2 Å². The van der Waals surface area contributed by atoms with E-state index in [-0.39, 0.29) is 5.91 Å². The van der Waals surface area contributed by atoms with Crippen molar-refractivity contribution in [3.8, 4) is 0 Å². The summed E-state index contributed by atoms with van der Waals surface area (Å²) in [6, 6.07) is 4.00. The number of anilines is 1. The van der Waals surface area contributed by atoms with Gasteiger partial charge in [-0.3, -0.25) is 4.79 Å². The molecule has 0 spiro atoms. The zero-order valence-electron chi connectivity index (χ0n) is 12.5. The maximum absolute atomic E-state index is 11.7. The molecule has 20 heavy (non-hydrogen) atoms. The quantitative estimate of drug-likeness (QED) is 0.892. The molecule has 0 unspecified atom stereocenters. The van der Waals surface area contributed by atoms with Crippen molar-refractivity contribution in [2.24, 2.45) is 0 Å². The Labute approximate surface area is 120 Å². The number of carbonyl (C=O) groups is 1. The van der Waals surface area contributed by atoms with E-state index >= 15 is 0 Å². The third-order valence-electron chi connectivity index (χ3n) is 3.68. The summed E-state index contributed by atoms with van der Waals surface area (Å²) in [5.41, 5.74) is 0.376. The van der Waals surface area contributed by atoms with E-state index in [0.29, 0.717) is 11.7 Å². The van der Waals surface area contributed by atoms with Crippen molar-refractivity contribution in [3.63, 3.8) is 0 Å². The summed E-state index contributed by atoms with van der Waals surface area (Å²) < 4.78 is 0. The minimum Gasteiger partial charge on any atom is -0.366 e. The fourth-order valence-electron chi connectivity index (χ4n) is 2.36. The lowest BCUT2D eigenvalue weighted by Crippen LogP contribution is -2.39. The van der Waals surface area contributed by atoms with E-state index in [1.807, 2.05) is 6.07 Å². The van der Waals surface area contributed by atoms with Crippen LogP contribution in [0.5, 0.6) is 0 Å². The monoisotopic (exact) mass is 277 g/mol. The van der Waals surface area contributed by atoms with Crippen LogP contribution in [0.2, 0.25) is 0 Å². The number of rotatable bonds is 4. The summed E-state index contributed by atoms with van der Waals surface area (Å²) >= 11 is 0. The van der Waals surface area contributed by atoms with Crippen LogP contribution in [-0.2, 0) is 0 Å². The van der Waals surface area contributed by atoms with Gasteiger partial charge >= 0.3 is 0 Å². The Hall–Kier alpha value is -1.69. The van der Waals surface area contributed by atoms with Crippen LogP contribution in [0.25, 0.3) is 0 Å². The number of amides is 1. The number of nitrogens with one attached hydrogen (secondary N) is 1. The third kappa shape index (κ3) is 3.66. The van der Waals surface area contributed by atoms with E-state index in [1.165, 1.54) is 4.90 Å². The third-order valence-corrected chi connectivity index (χ3v) is 3.68. The van der Waals surface area contributed by atoms with Crippen LogP contribution in [0.4, 0.5) is 5.82 Å². The van der Waals surface area contributed by atoms with Crippen LogP contribution in [0.1, 0.15) is 30.3 Å². The number of carbonyl (C=O) groups excluding carboxylic acids is 1. The molecule has 1 saturated heterocycles. The molecule has 0 atom stereocenters. The zero-order valence-corrected chi connectivity index (χ0v) is 12.5. The molecule has 110 valence electrons. The van der Waals surface area contributed by atoms with Crippen LogP contribution in [-0.4, -0.2) is 65.7 Å². The maximum Gasteiger partial charge on any atom is 0.273 e. The second kappa shape index (κ2) is 6.65. The summed E-state index contributed by atoms with van der Waals surface area (Å²) in [5.74, 6) is 0.621. The molecule has 1 aromatic rings. The lowest BCUT2D eigenvalue weighted by Gasteiger charge is -2.31. The summed E-state index contributed by atoms with van der Waals surface area (Å²) in [6.45, 7) is 5.56. The first kappa shape index (κ1) is 14.7. The Kier molecular flexibility index (Phi) is 4.89. The Morgan fingerprint density at radius 2 is 2.05 bits per heavy atom. The van der Waals surface area contributed by atoms with Crippen molar-refractivity contribution in [2.45, 2.75) is 25.8 Å². The molecule has 6 nitrogen and oxygen atoms in total. The largest absolute Gasteiger partial charge is 0.366 e. The topological polar surface area (TPSA) is 61.4 Å². The Morgan fingerprint density at radius 1 is 1.35 bits per heavy atom. The number of hydrogen-bond donors (Lipinski definition) is 1. The van der Waals surface area contributed by atoms with Crippen LogP contribution in [0, 0.1) is 0 Å². The average Bonchev–Trinajstić information content (AvgIpc) is 2.48. The van der Waals surface area contributed by atoms with Gasteiger partial charge in [0.15, 0.2) is 5.69 Å². The van der Waals surface area contributed by atoms with Gasteiger partial charge in [-0.25, -0.2) is 0 Å². The SMILES string of the molecule is CCN1CCC(Nc2ccc(C(=O)N(C)C)nn2)CC1. The van der Waals surface area contributed by atoms with Crippen LogP contribution in [0.15, 0.2) is 12.1 Å². The molecule has 0 bridgehead atoms. The van der Waals surface area contributed by atoms with Crippen molar-refractivity contribution in [1.82, 2.24) is 20.0 Å². The van der Waals surface area contributed by atoms with Crippen molar-refractivity contribution in [1.29, 1.82) is 0 Å². The lowest BCUT2D eigenvalue weighted by molar-refractivity contribution is 0.0821. The molecule has 0 aromatic carbocycles. The van der Waals surface area contributed by atoms with E-state index in [2.05, 4.69) is 27.3 Å². The Morgan fingerprint density at radius 3 is 2.55 bits per heavy atom. The number of nitrogens with zero attached hydrogens (tertiary/aromatic N) is 4. The molecule has 0 radical (unpaired) electrons. The standard InChI is InChI=1S/C14H23N5O/c1-4-19-9-7-11(8-10-19)15-13-6-5-12(16-17-13)14(20)18(2)3/h5-6,11H,4,7-10H2,1-3H3,(H,15,17). The fourth-order valence-corrected chi connectivity index (χ4v) is 2.36. The molecule has 1 aromatic heterocycles. The molecule has 1 N–H and O–H groups in total. The van der Waals surface area contributed by atoms with Crippen molar-refractivity contribution in [3.05, 3.63) is 17.8 Å². The van der Waals surface area contributed by atoms with Crippen molar-refractivity contribution in [2.75, 3.05) is 39.0 Å². The Bertz CT molecular complexity index is 437. The van der Waals surface area contributed by atoms with Gasteiger partial charge in [-0.15, -0.1) is 10.2 Å². The van der Waals surface area contributed by atoms with Crippen molar-refractivity contribution < 1.29 is 4.79 Å². The zero-order chi connectivity index (χ0) is 14.5. The molecule has 0 saturated carbocycles. The average molecular weight is 277 g/mol. The van der Waals surface area contributed by atoms with E-state index in [9.17, 15) is 4.79 Å². The van der Waals surface area contributed by atoms with Gasteiger partial charge in [0.25, 0.3) is 5.91 Å². The molecular formula is C14H23N5O. The molecule has 2 rings (SSSR count). The molecule has 1 amide bonds. The first-order valence-corrected chi connectivity index (χ1v) is 7.14. The normalized spacial score (nSPS) is 16.9. The fraction of sp³-hybridized carbons (Fsp3) is 0.643. The number of hydrogen-bond acceptors (Lipinski definition) is 5. The summed E-state index contributed by atoms with van der Waals surface area (Å²) in [6.07, 6.45) is 2.24. The van der Waals surface area contributed by atoms with Gasteiger partial charge in [-0.1, -0.05) is 6.92 Å². The highest BCUT2D eigenvalue weighted by molar-refractivity contribution is 5.91. The van der Waals surface area contributed by atoms with Gasteiger partial charge in [-0.2, -0.15) is 0 Å². The van der Waals surface area contributed by atoms with E-state index in [1.54, 1.807) is 20.2 Å². The van der Waals surface area contributed by atoms with Crippen LogP contribution >= 0.6 is 0 Å². The van der Waals surface area contributed by atoms with Crippen molar-refractivity contribution >= 4 is 11.7 Å². The molecule has 0 aliphatic carbocycles. The van der Waals surface area contributed by atoms with E-state index in [4.69, 9.17) is 0 Å². The number of aromatic nitrogens is 2. The van der Waals surface area contributed by atoms with E-state index < -0.39 is 0 Å². The highest BCUT2D eigenvalue weighted by Crippen LogP contribution is 2.14. The van der Waals surface area contributed by atoms with Gasteiger partial charge in [0.1, 0.15) is 5.82 Å². The first-order valence-electron chi connectivity index (χ1n) is 7.14. The molecule has 1 aliphatic heterocycles. The lowest BCUT2D eigenvalue weighted by atomic mass is 10.1. The van der Waals surface area contributed by atoms with Crippen LogP contribution in [0.3, 0.4) is 0 Å². The smallest absolute Gasteiger partial charge is 0.273 e. The highest BCUT2D eigenvalue weighted by Gasteiger charge is 2.18. The number of piperidine rings is 1. The highest BCUT2D eigenvalue weighted by atomic mass is 16.2. The first-order chi connectivity index (χ1) is 9.60.